The maximum atomic E-state index is 14.2. The Morgan fingerprint density at radius 3 is 2.55 bits per heavy atom. The zero-order valence-electron chi connectivity index (χ0n) is 19.4. The van der Waals surface area contributed by atoms with Gasteiger partial charge in [0, 0.05) is 24.1 Å². The number of carbonyl (C=O) groups excluding carboxylic acids is 3. The van der Waals surface area contributed by atoms with Crippen LogP contribution in [0, 0.1) is 16.7 Å². The third kappa shape index (κ3) is 3.39. The maximum Gasteiger partial charge on any atom is 0.326 e. The Morgan fingerprint density at radius 1 is 1.24 bits per heavy atom. The van der Waals surface area contributed by atoms with Crippen molar-refractivity contribution < 1.29 is 23.9 Å². The molecule has 172 valence electrons. The molecule has 4 rings (SSSR count). The van der Waals surface area contributed by atoms with Crippen LogP contribution >= 0.6 is 0 Å². The number of allylic oxidation sites excluding steroid dienone is 1. The number of fused-ring (bicyclic) bond motifs is 3. The van der Waals surface area contributed by atoms with Gasteiger partial charge in [-0.2, -0.15) is 5.26 Å². The van der Waals surface area contributed by atoms with Gasteiger partial charge in [-0.05, 0) is 32.3 Å². The highest BCUT2D eigenvalue weighted by atomic mass is 16.6. The predicted octanol–water partition coefficient (Wildman–Crippen LogP) is 2.98. The summed E-state index contributed by atoms with van der Waals surface area (Å²) in [6, 6.07) is 8.85. The third-order valence-electron chi connectivity index (χ3n) is 6.05. The van der Waals surface area contributed by atoms with Crippen LogP contribution in [0.3, 0.4) is 0 Å². The quantitative estimate of drug-likeness (QED) is 0.689. The first-order valence-electron chi connectivity index (χ1n) is 10.8. The molecule has 0 bridgehead atoms. The molecular formula is C25H27N3O5. The first-order valence-corrected chi connectivity index (χ1v) is 10.8. The average Bonchev–Trinajstić information content (AvgIpc) is 2.89. The molecule has 1 spiro atoms. The predicted molar refractivity (Wildman–Crippen MR) is 119 cm³/mol. The first-order chi connectivity index (χ1) is 15.3. The maximum absolute atomic E-state index is 14.2. The Hall–Kier alpha value is -3.60. The third-order valence-corrected chi connectivity index (χ3v) is 6.05. The second-order valence-corrected chi connectivity index (χ2v) is 10.4. The van der Waals surface area contributed by atoms with Gasteiger partial charge in [0.05, 0.1) is 5.57 Å². The van der Waals surface area contributed by atoms with Crippen LogP contribution < -0.4 is 10.6 Å². The van der Waals surface area contributed by atoms with Crippen LogP contribution in [0.15, 0.2) is 47.1 Å². The molecule has 1 amide bonds. The lowest BCUT2D eigenvalue weighted by atomic mass is 9.62. The normalized spacial score (nSPS) is 23.8. The number of para-hydroxylation sites is 1. The smallest absolute Gasteiger partial charge is 0.326 e. The Kier molecular flexibility index (Phi) is 4.93. The molecule has 3 aliphatic rings. The van der Waals surface area contributed by atoms with Gasteiger partial charge in [-0.15, -0.1) is 0 Å². The summed E-state index contributed by atoms with van der Waals surface area (Å²) in [7, 11) is 0. The number of benzene rings is 1. The molecule has 1 aromatic rings. The number of ether oxygens (including phenoxy) is 2. The molecule has 1 aliphatic carbocycles. The number of nitrogens with two attached hydrogens (primary N) is 1. The number of rotatable bonds is 2. The number of amides is 1. The number of carbonyl (C=O) groups is 3. The fraction of sp³-hybridized carbons (Fsp3) is 0.440. The summed E-state index contributed by atoms with van der Waals surface area (Å²) in [5.41, 5.74) is 4.14. The van der Waals surface area contributed by atoms with Gasteiger partial charge < -0.3 is 15.2 Å². The van der Waals surface area contributed by atoms with Crippen molar-refractivity contribution >= 4 is 23.3 Å². The molecular weight excluding hydrogens is 422 g/mol. The number of Topliss-reactive ketones (excluding diaryl/α,β-unsaturated/α-hetero) is 1. The number of anilines is 1. The van der Waals surface area contributed by atoms with Crippen LogP contribution in [0.4, 0.5) is 5.69 Å². The number of ketones is 1. The van der Waals surface area contributed by atoms with Crippen LogP contribution in [0.2, 0.25) is 0 Å². The minimum atomic E-state index is -1.75. The van der Waals surface area contributed by atoms with Crippen LogP contribution in [0.5, 0.6) is 0 Å². The molecule has 0 radical (unpaired) electrons. The summed E-state index contributed by atoms with van der Waals surface area (Å²) in [6.45, 7) is 8.72. The van der Waals surface area contributed by atoms with Crippen LogP contribution in [0.25, 0.3) is 0 Å². The first kappa shape index (κ1) is 22.6. The van der Waals surface area contributed by atoms with E-state index in [1.165, 1.54) is 4.90 Å². The summed E-state index contributed by atoms with van der Waals surface area (Å²) < 4.78 is 11.2. The lowest BCUT2D eigenvalue weighted by Crippen LogP contribution is -2.51. The zero-order valence-corrected chi connectivity index (χ0v) is 19.4. The van der Waals surface area contributed by atoms with Crippen LogP contribution in [-0.4, -0.2) is 29.8 Å². The zero-order chi connectivity index (χ0) is 24.3. The number of hydrogen-bond acceptors (Lipinski definition) is 7. The van der Waals surface area contributed by atoms with E-state index in [0.717, 1.165) is 0 Å². The van der Waals surface area contributed by atoms with Crippen molar-refractivity contribution in [3.05, 3.63) is 52.6 Å². The fourth-order valence-corrected chi connectivity index (χ4v) is 5.00. The minimum absolute atomic E-state index is 0.136. The summed E-state index contributed by atoms with van der Waals surface area (Å²) in [5.74, 6) is -1.36. The van der Waals surface area contributed by atoms with Crippen LogP contribution in [-0.2, 0) is 29.3 Å². The van der Waals surface area contributed by atoms with E-state index in [4.69, 9.17) is 15.2 Å². The fourth-order valence-electron chi connectivity index (χ4n) is 5.00. The lowest BCUT2D eigenvalue weighted by Gasteiger charge is -2.41. The van der Waals surface area contributed by atoms with Gasteiger partial charge in [0.1, 0.15) is 35.0 Å². The highest BCUT2D eigenvalue weighted by molar-refractivity contribution is 6.21. The van der Waals surface area contributed by atoms with E-state index < -0.39 is 22.9 Å². The van der Waals surface area contributed by atoms with E-state index in [2.05, 4.69) is 0 Å². The summed E-state index contributed by atoms with van der Waals surface area (Å²) in [5, 5.41) is 10.1. The van der Waals surface area contributed by atoms with Crippen LogP contribution in [0.1, 0.15) is 53.0 Å². The molecule has 1 atom stereocenters. The van der Waals surface area contributed by atoms with Gasteiger partial charge in [-0.25, -0.2) is 0 Å². The molecule has 1 aromatic carbocycles. The van der Waals surface area contributed by atoms with Crippen molar-refractivity contribution in [3.8, 4) is 6.07 Å². The molecule has 0 saturated heterocycles. The average molecular weight is 450 g/mol. The van der Waals surface area contributed by atoms with Crippen molar-refractivity contribution in [1.29, 1.82) is 5.26 Å². The molecule has 2 aliphatic heterocycles. The van der Waals surface area contributed by atoms with E-state index in [9.17, 15) is 19.6 Å². The molecule has 0 saturated carbocycles. The summed E-state index contributed by atoms with van der Waals surface area (Å²) in [6.07, 6.45) is 0.577. The molecule has 0 fully saturated rings. The Labute approximate surface area is 192 Å². The molecule has 0 aromatic heterocycles. The molecule has 2 N–H and O–H groups in total. The Balaban J connectivity index is 1.94. The Morgan fingerprint density at radius 2 is 1.91 bits per heavy atom. The molecule has 33 heavy (non-hydrogen) atoms. The van der Waals surface area contributed by atoms with E-state index in [1.54, 1.807) is 45.0 Å². The highest BCUT2D eigenvalue weighted by Crippen LogP contribution is 2.57. The highest BCUT2D eigenvalue weighted by Gasteiger charge is 2.63. The second kappa shape index (κ2) is 7.20. The second-order valence-electron chi connectivity index (χ2n) is 10.4. The number of nitriles is 1. The van der Waals surface area contributed by atoms with Crippen molar-refractivity contribution in [2.75, 3.05) is 11.4 Å². The topological polar surface area (TPSA) is 123 Å². The lowest BCUT2D eigenvalue weighted by molar-refractivity contribution is -0.153. The van der Waals surface area contributed by atoms with Gasteiger partial charge in [0.25, 0.3) is 0 Å². The molecule has 8 nitrogen and oxygen atoms in total. The number of esters is 1. The monoisotopic (exact) mass is 449 g/mol. The number of nitrogens with zero attached hydrogens (tertiary/aromatic N) is 2. The van der Waals surface area contributed by atoms with Gasteiger partial charge in [-0.1, -0.05) is 32.0 Å². The molecule has 2 heterocycles. The van der Waals surface area contributed by atoms with Gasteiger partial charge in [0.2, 0.25) is 11.8 Å². The molecule has 8 heteroatoms. The van der Waals surface area contributed by atoms with Crippen molar-refractivity contribution in [3.63, 3.8) is 0 Å². The minimum Gasteiger partial charge on any atom is -0.459 e. The largest absolute Gasteiger partial charge is 0.459 e. The van der Waals surface area contributed by atoms with E-state index in [1.807, 2.05) is 19.9 Å². The van der Waals surface area contributed by atoms with Gasteiger partial charge >= 0.3 is 5.97 Å². The van der Waals surface area contributed by atoms with Crippen molar-refractivity contribution in [1.82, 2.24) is 0 Å². The van der Waals surface area contributed by atoms with Gasteiger partial charge in [0.15, 0.2) is 5.78 Å². The van der Waals surface area contributed by atoms with Crippen molar-refractivity contribution in [2.45, 2.75) is 58.5 Å². The van der Waals surface area contributed by atoms with Crippen molar-refractivity contribution in [2.24, 2.45) is 11.1 Å². The standard InChI is InChI=1S/C25H27N3O5/c1-23(2,3)33-19(30)13-28-16-9-7-6-8-14(16)25(22(28)31)15(12-26)21(27)32-18-11-24(4,5)10-17(29)20(18)25/h6-9H,10-11,13,27H2,1-5H3. The van der Waals surface area contributed by atoms with E-state index in [-0.39, 0.29) is 41.2 Å². The van der Waals surface area contributed by atoms with E-state index >= 15 is 0 Å². The summed E-state index contributed by atoms with van der Waals surface area (Å²) >= 11 is 0. The number of hydrogen-bond donors (Lipinski definition) is 1. The molecule has 1 unspecified atom stereocenters. The van der Waals surface area contributed by atoms with E-state index in [0.29, 0.717) is 23.4 Å². The Bertz CT molecular complexity index is 1200. The summed E-state index contributed by atoms with van der Waals surface area (Å²) in [4.78, 5) is 41.6. The SMILES string of the molecule is CC1(C)CC(=O)C2=C(C1)OC(N)=C(C#N)C21C(=O)N(CC(=O)OC(C)(C)C)c2ccccc21. The van der Waals surface area contributed by atoms with Gasteiger partial charge in [-0.3, -0.25) is 19.3 Å².